The second-order valence-electron chi connectivity index (χ2n) is 7.90. The van der Waals surface area contributed by atoms with Gasteiger partial charge < -0.3 is 10.2 Å². The number of allylic oxidation sites excluding steroid dienone is 2. The van der Waals surface area contributed by atoms with Crippen LogP contribution in [-0.4, -0.2) is 28.8 Å². The normalized spacial score (nSPS) is 12.7. The van der Waals surface area contributed by atoms with Gasteiger partial charge in [-0.25, -0.2) is 4.68 Å². The van der Waals surface area contributed by atoms with Crippen LogP contribution in [0.5, 0.6) is 0 Å². The van der Waals surface area contributed by atoms with Gasteiger partial charge in [0.15, 0.2) is 0 Å². The van der Waals surface area contributed by atoms with Gasteiger partial charge in [0.1, 0.15) is 5.82 Å². The van der Waals surface area contributed by atoms with E-state index in [0.29, 0.717) is 0 Å². The van der Waals surface area contributed by atoms with E-state index in [9.17, 15) is 0 Å². The zero-order valence-electron chi connectivity index (χ0n) is 16.7. The SMILES string of the molecule is CC/C=C(/C)Nc1cc(C(C)(C)C)nn1-c1cccc(CN(C)C)c1. The minimum Gasteiger partial charge on any atom is -0.344 e. The Hall–Kier alpha value is -2.07. The largest absolute Gasteiger partial charge is 0.344 e. The molecular weight excluding hydrogens is 308 g/mol. The zero-order chi connectivity index (χ0) is 18.6. The minimum absolute atomic E-state index is 0.00526. The zero-order valence-corrected chi connectivity index (χ0v) is 16.7. The first-order valence-corrected chi connectivity index (χ1v) is 8.99. The topological polar surface area (TPSA) is 33.1 Å². The van der Waals surface area contributed by atoms with E-state index >= 15 is 0 Å². The van der Waals surface area contributed by atoms with Crippen molar-refractivity contribution in [1.29, 1.82) is 0 Å². The molecule has 25 heavy (non-hydrogen) atoms. The van der Waals surface area contributed by atoms with Gasteiger partial charge in [-0.1, -0.05) is 45.9 Å². The highest BCUT2D eigenvalue weighted by Gasteiger charge is 2.20. The van der Waals surface area contributed by atoms with Crippen molar-refractivity contribution in [3.8, 4) is 5.69 Å². The van der Waals surface area contributed by atoms with Crippen molar-refractivity contribution in [1.82, 2.24) is 14.7 Å². The fourth-order valence-corrected chi connectivity index (χ4v) is 2.74. The quantitative estimate of drug-likeness (QED) is 0.807. The standard InChI is InChI=1S/C21H32N4/c1-8-10-16(2)22-20-14-19(21(3,4)5)23-25(20)18-12-9-11-17(13-18)15-24(6)7/h9-14,22H,8,15H2,1-7H3/b16-10-. The molecule has 2 aromatic rings. The van der Waals surface area contributed by atoms with Crippen LogP contribution in [0.4, 0.5) is 5.82 Å². The average Bonchev–Trinajstić information content (AvgIpc) is 2.91. The van der Waals surface area contributed by atoms with E-state index in [-0.39, 0.29) is 5.41 Å². The molecule has 4 heteroatoms. The molecule has 0 atom stereocenters. The van der Waals surface area contributed by atoms with E-state index in [0.717, 1.165) is 35.9 Å². The first-order valence-electron chi connectivity index (χ1n) is 8.99. The number of hydrogen-bond acceptors (Lipinski definition) is 3. The van der Waals surface area contributed by atoms with Crippen molar-refractivity contribution in [2.45, 2.75) is 53.0 Å². The smallest absolute Gasteiger partial charge is 0.134 e. The van der Waals surface area contributed by atoms with Gasteiger partial charge in [-0.2, -0.15) is 5.10 Å². The highest BCUT2D eigenvalue weighted by atomic mass is 15.3. The number of benzene rings is 1. The van der Waals surface area contributed by atoms with Crippen molar-refractivity contribution in [2.75, 3.05) is 19.4 Å². The summed E-state index contributed by atoms with van der Waals surface area (Å²) in [5, 5.41) is 8.41. The van der Waals surface area contributed by atoms with Gasteiger partial charge in [-0.3, -0.25) is 0 Å². The fraction of sp³-hybridized carbons (Fsp3) is 0.476. The molecule has 4 nitrogen and oxygen atoms in total. The molecule has 0 bridgehead atoms. The van der Waals surface area contributed by atoms with E-state index < -0.39 is 0 Å². The van der Waals surface area contributed by atoms with Crippen molar-refractivity contribution in [3.63, 3.8) is 0 Å². The van der Waals surface area contributed by atoms with Crippen LogP contribution in [0.2, 0.25) is 0 Å². The van der Waals surface area contributed by atoms with Crippen LogP contribution in [-0.2, 0) is 12.0 Å². The summed E-state index contributed by atoms with van der Waals surface area (Å²) in [6, 6.07) is 10.7. The molecule has 1 aromatic heterocycles. The van der Waals surface area contributed by atoms with Crippen LogP contribution in [0.25, 0.3) is 5.69 Å². The number of aromatic nitrogens is 2. The summed E-state index contributed by atoms with van der Waals surface area (Å²) < 4.78 is 2.02. The summed E-state index contributed by atoms with van der Waals surface area (Å²) in [7, 11) is 4.17. The Bertz CT molecular complexity index is 733. The van der Waals surface area contributed by atoms with Crippen molar-refractivity contribution >= 4 is 5.82 Å². The monoisotopic (exact) mass is 340 g/mol. The lowest BCUT2D eigenvalue weighted by Crippen LogP contribution is -2.13. The highest BCUT2D eigenvalue weighted by Crippen LogP contribution is 2.27. The molecule has 136 valence electrons. The molecule has 0 aliphatic rings. The summed E-state index contributed by atoms with van der Waals surface area (Å²) in [5.41, 5.74) is 4.60. The highest BCUT2D eigenvalue weighted by molar-refractivity contribution is 5.51. The van der Waals surface area contributed by atoms with Crippen LogP contribution in [0, 0.1) is 0 Å². The Kier molecular flexibility index (Phi) is 6.07. The van der Waals surface area contributed by atoms with Crippen LogP contribution in [0.1, 0.15) is 52.3 Å². The molecule has 0 fully saturated rings. The molecule has 1 heterocycles. The number of anilines is 1. The third-order valence-corrected chi connectivity index (χ3v) is 3.97. The van der Waals surface area contributed by atoms with Gasteiger partial charge in [0.05, 0.1) is 11.4 Å². The van der Waals surface area contributed by atoms with E-state index in [1.165, 1.54) is 5.56 Å². The van der Waals surface area contributed by atoms with E-state index in [4.69, 9.17) is 5.10 Å². The van der Waals surface area contributed by atoms with Gasteiger partial charge in [0.2, 0.25) is 0 Å². The van der Waals surface area contributed by atoms with Crippen LogP contribution in [0.15, 0.2) is 42.1 Å². The Morgan fingerprint density at radius 3 is 2.56 bits per heavy atom. The van der Waals surface area contributed by atoms with Gasteiger partial charge in [-0.15, -0.1) is 0 Å². The van der Waals surface area contributed by atoms with Gasteiger partial charge in [0.25, 0.3) is 0 Å². The third kappa shape index (κ3) is 5.20. The second kappa shape index (κ2) is 7.87. The summed E-state index contributed by atoms with van der Waals surface area (Å²) in [5.74, 6) is 1.01. The van der Waals surface area contributed by atoms with Gasteiger partial charge in [-0.05, 0) is 45.1 Å². The maximum absolute atomic E-state index is 4.90. The number of hydrogen-bond donors (Lipinski definition) is 1. The fourth-order valence-electron chi connectivity index (χ4n) is 2.74. The third-order valence-electron chi connectivity index (χ3n) is 3.97. The predicted octanol–water partition coefficient (Wildman–Crippen LogP) is 4.96. The first kappa shape index (κ1) is 19.3. The molecular formula is C21H32N4. The minimum atomic E-state index is 0.00526. The Balaban J connectivity index is 2.47. The maximum atomic E-state index is 4.90. The second-order valence-corrected chi connectivity index (χ2v) is 7.90. The molecule has 0 saturated carbocycles. The van der Waals surface area contributed by atoms with Gasteiger partial charge in [0, 0.05) is 23.7 Å². The molecule has 0 spiro atoms. The lowest BCUT2D eigenvalue weighted by atomic mass is 9.92. The molecule has 0 radical (unpaired) electrons. The first-order chi connectivity index (χ1) is 11.7. The van der Waals surface area contributed by atoms with Crippen molar-refractivity contribution in [3.05, 3.63) is 53.4 Å². The van der Waals surface area contributed by atoms with Crippen LogP contribution >= 0.6 is 0 Å². The number of nitrogens with zero attached hydrogens (tertiary/aromatic N) is 3. The van der Waals surface area contributed by atoms with Crippen LogP contribution in [0.3, 0.4) is 0 Å². The van der Waals surface area contributed by atoms with E-state index in [1.807, 2.05) is 4.68 Å². The van der Waals surface area contributed by atoms with Crippen molar-refractivity contribution in [2.24, 2.45) is 0 Å². The molecule has 2 rings (SSSR count). The number of nitrogens with one attached hydrogen (secondary N) is 1. The molecule has 0 amide bonds. The Morgan fingerprint density at radius 1 is 1.24 bits per heavy atom. The molecule has 1 aromatic carbocycles. The van der Waals surface area contributed by atoms with Crippen molar-refractivity contribution < 1.29 is 0 Å². The summed E-state index contributed by atoms with van der Waals surface area (Å²) >= 11 is 0. The molecule has 0 saturated heterocycles. The van der Waals surface area contributed by atoms with E-state index in [1.54, 1.807) is 0 Å². The summed E-state index contributed by atoms with van der Waals surface area (Å²) in [6.07, 6.45) is 3.20. The maximum Gasteiger partial charge on any atom is 0.134 e. The molecule has 0 aliphatic heterocycles. The van der Waals surface area contributed by atoms with E-state index in [2.05, 4.69) is 95.3 Å². The molecule has 0 aliphatic carbocycles. The lowest BCUT2D eigenvalue weighted by molar-refractivity contribution is 0.402. The van der Waals surface area contributed by atoms with Gasteiger partial charge >= 0.3 is 0 Å². The predicted molar refractivity (Wildman–Crippen MR) is 107 cm³/mol. The summed E-state index contributed by atoms with van der Waals surface area (Å²) in [4.78, 5) is 2.18. The summed E-state index contributed by atoms with van der Waals surface area (Å²) in [6.45, 7) is 11.7. The average molecular weight is 341 g/mol. The Morgan fingerprint density at radius 2 is 1.96 bits per heavy atom. The lowest BCUT2D eigenvalue weighted by Gasteiger charge is -2.14. The Labute approximate surface area is 152 Å². The molecule has 1 N–H and O–H groups in total. The molecule has 0 unspecified atom stereocenters. The van der Waals surface area contributed by atoms with Crippen LogP contribution < -0.4 is 5.32 Å². The number of rotatable bonds is 6.